The maximum absolute atomic E-state index is 13.1. The van der Waals surface area contributed by atoms with Gasteiger partial charge in [0.1, 0.15) is 11.6 Å². The normalized spacial score (nSPS) is 20.3. The highest BCUT2D eigenvalue weighted by Gasteiger charge is 2.40. The van der Waals surface area contributed by atoms with E-state index in [1.807, 2.05) is 0 Å². The summed E-state index contributed by atoms with van der Waals surface area (Å²) in [5.41, 5.74) is 1.40. The smallest absolute Gasteiger partial charge is 0.308 e. The van der Waals surface area contributed by atoms with Crippen molar-refractivity contribution >= 4 is 11.9 Å². The van der Waals surface area contributed by atoms with E-state index in [1.54, 1.807) is 25.1 Å². The molecule has 0 bridgehead atoms. The molecule has 126 valence electrons. The number of carbonyl (C=O) groups is 2. The summed E-state index contributed by atoms with van der Waals surface area (Å²) in [6, 6.07) is 7.43. The van der Waals surface area contributed by atoms with Crippen LogP contribution in [0, 0.1) is 18.7 Å². The van der Waals surface area contributed by atoms with E-state index in [0.29, 0.717) is 11.5 Å². The molecule has 2 aromatic rings. The maximum atomic E-state index is 13.1. The average molecular weight is 332 g/mol. The van der Waals surface area contributed by atoms with E-state index in [0.717, 1.165) is 5.56 Å². The van der Waals surface area contributed by atoms with Gasteiger partial charge in [-0.1, -0.05) is 17.3 Å². The number of likely N-dealkylation sites (tertiary alicyclic amines) is 1. The van der Waals surface area contributed by atoms with Gasteiger partial charge in [-0.2, -0.15) is 0 Å². The number of aliphatic carboxylic acids is 1. The van der Waals surface area contributed by atoms with Crippen LogP contribution in [0.3, 0.4) is 0 Å². The molecule has 1 fully saturated rings. The Hall–Kier alpha value is -2.70. The van der Waals surface area contributed by atoms with Crippen LogP contribution in [-0.2, 0) is 16.0 Å². The molecule has 1 aromatic heterocycles. The Bertz CT molecular complexity index is 756. The molecule has 2 atom stereocenters. The monoisotopic (exact) mass is 332 g/mol. The summed E-state index contributed by atoms with van der Waals surface area (Å²) in [6.07, 6.45) is 0.0450. The molecule has 1 aromatic carbocycles. The predicted octanol–water partition coefficient (Wildman–Crippen LogP) is 1.99. The van der Waals surface area contributed by atoms with Crippen molar-refractivity contribution in [3.63, 3.8) is 0 Å². The molecule has 1 N–H and O–H groups in total. The van der Waals surface area contributed by atoms with Crippen LogP contribution in [0.5, 0.6) is 0 Å². The minimum absolute atomic E-state index is 0.0450. The Morgan fingerprint density at radius 2 is 2.04 bits per heavy atom. The molecule has 0 aliphatic carbocycles. The van der Waals surface area contributed by atoms with Crippen LogP contribution < -0.4 is 0 Å². The highest BCUT2D eigenvalue weighted by Crippen LogP contribution is 2.33. The number of carboxylic acids is 1. The molecule has 0 unspecified atom stereocenters. The second-order valence-electron chi connectivity index (χ2n) is 6.01. The van der Waals surface area contributed by atoms with Gasteiger partial charge < -0.3 is 14.5 Å². The molecule has 0 radical (unpaired) electrons. The number of halogens is 1. The van der Waals surface area contributed by atoms with E-state index >= 15 is 0 Å². The molecule has 1 aliphatic heterocycles. The molecule has 1 saturated heterocycles. The van der Waals surface area contributed by atoms with Crippen molar-refractivity contribution in [3.8, 4) is 0 Å². The van der Waals surface area contributed by atoms with Crippen molar-refractivity contribution in [2.45, 2.75) is 19.3 Å². The minimum atomic E-state index is -0.963. The summed E-state index contributed by atoms with van der Waals surface area (Å²) < 4.78 is 18.1. The van der Waals surface area contributed by atoms with Gasteiger partial charge in [-0.25, -0.2) is 4.39 Å². The maximum Gasteiger partial charge on any atom is 0.308 e. The highest BCUT2D eigenvalue weighted by atomic mass is 19.1. The molecule has 0 spiro atoms. The van der Waals surface area contributed by atoms with Gasteiger partial charge in [0.05, 0.1) is 18.0 Å². The first-order chi connectivity index (χ1) is 11.4. The minimum Gasteiger partial charge on any atom is -0.481 e. The lowest BCUT2D eigenvalue weighted by Gasteiger charge is -2.16. The molecule has 2 heterocycles. The molecule has 1 aliphatic rings. The summed E-state index contributed by atoms with van der Waals surface area (Å²) >= 11 is 0. The Morgan fingerprint density at radius 3 is 2.62 bits per heavy atom. The molecule has 24 heavy (non-hydrogen) atoms. The molecule has 1 amide bonds. The zero-order chi connectivity index (χ0) is 17.3. The van der Waals surface area contributed by atoms with Crippen LogP contribution in [0.1, 0.15) is 22.9 Å². The van der Waals surface area contributed by atoms with E-state index in [4.69, 9.17) is 4.52 Å². The molecular formula is C17H17FN2O4. The van der Waals surface area contributed by atoms with Crippen LogP contribution in [0.4, 0.5) is 4.39 Å². The number of hydrogen-bond donors (Lipinski definition) is 1. The number of carboxylic acid groups (broad SMARTS) is 1. The lowest BCUT2D eigenvalue weighted by Crippen LogP contribution is -2.31. The van der Waals surface area contributed by atoms with Crippen molar-refractivity contribution in [2.75, 3.05) is 13.1 Å². The second kappa shape index (κ2) is 6.43. The van der Waals surface area contributed by atoms with Gasteiger partial charge >= 0.3 is 5.97 Å². The zero-order valence-electron chi connectivity index (χ0n) is 13.1. The number of rotatable bonds is 4. The summed E-state index contributed by atoms with van der Waals surface area (Å²) in [5, 5.41) is 13.2. The molecule has 0 saturated carbocycles. The van der Waals surface area contributed by atoms with Crippen LogP contribution >= 0.6 is 0 Å². The number of benzene rings is 1. The van der Waals surface area contributed by atoms with Gasteiger partial charge in [0.15, 0.2) is 0 Å². The predicted molar refractivity (Wildman–Crippen MR) is 81.8 cm³/mol. The van der Waals surface area contributed by atoms with Gasteiger partial charge in [0, 0.05) is 25.1 Å². The van der Waals surface area contributed by atoms with Gasteiger partial charge in [-0.15, -0.1) is 0 Å². The lowest BCUT2D eigenvalue weighted by molar-refractivity contribution is -0.141. The fourth-order valence-corrected chi connectivity index (χ4v) is 3.07. The van der Waals surface area contributed by atoms with Crippen molar-refractivity contribution in [2.24, 2.45) is 5.92 Å². The topological polar surface area (TPSA) is 83.6 Å². The Balaban J connectivity index is 1.75. The number of aromatic nitrogens is 1. The summed E-state index contributed by atoms with van der Waals surface area (Å²) in [4.78, 5) is 25.5. The standard InChI is InChI=1S/C17H17FN2O4/c1-10-6-13(24-19-10)7-16(21)20-8-14(15(9-20)17(22)23)11-2-4-12(18)5-3-11/h2-6,14-15H,7-9H2,1H3,(H,22,23)/t14-,15+/m0/s1. The Kier molecular flexibility index (Phi) is 4.33. The van der Waals surface area contributed by atoms with Crippen molar-refractivity contribution in [1.82, 2.24) is 10.1 Å². The summed E-state index contributed by atoms with van der Waals surface area (Å²) in [7, 11) is 0. The SMILES string of the molecule is Cc1cc(CC(=O)N2C[C@@H](C(=O)O)[C@H](c3ccc(F)cc3)C2)on1. The molecule has 7 heteroatoms. The fourth-order valence-electron chi connectivity index (χ4n) is 3.07. The van der Waals surface area contributed by atoms with Crippen molar-refractivity contribution in [3.05, 3.63) is 53.2 Å². The van der Waals surface area contributed by atoms with E-state index in [2.05, 4.69) is 5.16 Å². The number of hydrogen-bond acceptors (Lipinski definition) is 4. The first-order valence-electron chi connectivity index (χ1n) is 7.62. The first-order valence-corrected chi connectivity index (χ1v) is 7.62. The highest BCUT2D eigenvalue weighted by molar-refractivity contribution is 5.81. The van der Waals surface area contributed by atoms with Gasteiger partial charge in [-0.3, -0.25) is 9.59 Å². The van der Waals surface area contributed by atoms with Gasteiger partial charge in [0.2, 0.25) is 5.91 Å². The van der Waals surface area contributed by atoms with Crippen LogP contribution in [-0.4, -0.2) is 40.1 Å². The zero-order valence-corrected chi connectivity index (χ0v) is 13.1. The Morgan fingerprint density at radius 1 is 1.33 bits per heavy atom. The molecular weight excluding hydrogens is 315 g/mol. The third-order valence-corrected chi connectivity index (χ3v) is 4.29. The van der Waals surface area contributed by atoms with Gasteiger partial charge in [0.25, 0.3) is 0 Å². The Labute approximate surface area is 137 Å². The van der Waals surface area contributed by atoms with Crippen molar-refractivity contribution < 1.29 is 23.6 Å². The van der Waals surface area contributed by atoms with E-state index in [9.17, 15) is 19.1 Å². The molecule has 3 rings (SSSR count). The van der Waals surface area contributed by atoms with Crippen molar-refractivity contribution in [1.29, 1.82) is 0 Å². The van der Waals surface area contributed by atoms with Crippen LogP contribution in [0.2, 0.25) is 0 Å². The fraction of sp³-hybridized carbons (Fsp3) is 0.353. The van der Waals surface area contributed by atoms with E-state index in [-0.39, 0.29) is 37.2 Å². The lowest BCUT2D eigenvalue weighted by atomic mass is 9.89. The average Bonchev–Trinajstić information content (AvgIpc) is 3.15. The largest absolute Gasteiger partial charge is 0.481 e. The third kappa shape index (κ3) is 3.29. The second-order valence-corrected chi connectivity index (χ2v) is 6.01. The van der Waals surface area contributed by atoms with Crippen LogP contribution in [0.25, 0.3) is 0 Å². The number of amides is 1. The summed E-state index contributed by atoms with van der Waals surface area (Å²) in [5.74, 6) is -2.16. The molecule has 6 nitrogen and oxygen atoms in total. The number of aryl methyl sites for hydroxylation is 1. The van der Waals surface area contributed by atoms with Crippen LogP contribution in [0.15, 0.2) is 34.9 Å². The van der Waals surface area contributed by atoms with E-state index in [1.165, 1.54) is 17.0 Å². The number of carbonyl (C=O) groups excluding carboxylic acids is 1. The quantitative estimate of drug-likeness (QED) is 0.926. The number of nitrogens with zero attached hydrogens (tertiary/aromatic N) is 2. The summed E-state index contributed by atoms with van der Waals surface area (Å²) in [6.45, 7) is 2.18. The van der Waals surface area contributed by atoms with Gasteiger partial charge in [-0.05, 0) is 24.6 Å². The third-order valence-electron chi connectivity index (χ3n) is 4.29. The van der Waals surface area contributed by atoms with E-state index < -0.39 is 11.9 Å². The first kappa shape index (κ1) is 16.2.